The first kappa shape index (κ1) is 53.1. The van der Waals surface area contributed by atoms with E-state index < -0.39 is 102 Å². The Balaban J connectivity index is 2.02. The second-order valence-corrected chi connectivity index (χ2v) is 17.4. The predicted molar refractivity (Wildman–Crippen MR) is 236 cm³/mol. The monoisotopic (exact) mass is 901 g/mol. The van der Waals surface area contributed by atoms with Gasteiger partial charge >= 0.3 is 11.9 Å². The molecule has 0 spiro atoms. The number of aliphatic hydroxyl groups excluding tert-OH is 1. The quantitative estimate of drug-likeness (QED) is 0.0991. The summed E-state index contributed by atoms with van der Waals surface area (Å²) in [5.41, 5.74) is 0.546. The van der Waals surface area contributed by atoms with Crippen LogP contribution in [-0.2, 0) is 54.3 Å². The molecule has 64 heavy (non-hydrogen) atoms. The van der Waals surface area contributed by atoms with Gasteiger partial charge in [0.05, 0.1) is 13.2 Å². The number of benzene rings is 1. The van der Waals surface area contributed by atoms with Crippen molar-refractivity contribution in [1.82, 2.24) is 31.5 Å². The molecule has 2 aliphatic heterocycles. The minimum absolute atomic E-state index is 0.0222. The maximum atomic E-state index is 14.3. The minimum Gasteiger partial charge on any atom is -0.508 e. The Morgan fingerprint density at radius 3 is 2.06 bits per heavy atom. The Hall–Kier alpha value is -5.26. The Labute approximate surface area is 377 Å². The van der Waals surface area contributed by atoms with Gasteiger partial charge in [-0.25, -0.2) is 4.79 Å². The largest absolute Gasteiger partial charge is 0.508 e. The zero-order valence-corrected chi connectivity index (χ0v) is 38.5. The van der Waals surface area contributed by atoms with Gasteiger partial charge in [0.15, 0.2) is 0 Å². The summed E-state index contributed by atoms with van der Waals surface area (Å²) in [5, 5.41) is 33.7. The third-order valence-electron chi connectivity index (χ3n) is 11.7. The number of nitrogens with zero attached hydrogens (tertiary/aromatic N) is 1. The number of phenolic OH excluding ortho intramolecular Hbond substituents is 1. The third-order valence-corrected chi connectivity index (χ3v) is 11.7. The molecule has 7 N–H and O–H groups in total. The lowest BCUT2D eigenvalue weighted by atomic mass is 10.00. The van der Waals surface area contributed by atoms with Crippen LogP contribution in [0, 0.1) is 5.92 Å². The normalized spacial score (nSPS) is 25.5. The summed E-state index contributed by atoms with van der Waals surface area (Å²) in [4.78, 5) is 110. The summed E-state index contributed by atoms with van der Waals surface area (Å²) in [6.07, 6.45) is 6.23. The first-order valence-corrected chi connectivity index (χ1v) is 23.0. The number of ether oxygens (including phenoxy) is 2. The Kier molecular flexibility index (Phi) is 22.5. The van der Waals surface area contributed by atoms with Crippen LogP contribution < -0.4 is 26.6 Å². The topological polar surface area (TPSA) is 259 Å². The fraction of sp³-hybridized carbons (Fsp3) is 0.696. The van der Waals surface area contributed by atoms with Gasteiger partial charge in [0.2, 0.25) is 35.4 Å². The molecule has 18 heteroatoms. The first-order chi connectivity index (χ1) is 30.4. The molecule has 2 heterocycles. The fourth-order valence-electron chi connectivity index (χ4n) is 7.89. The molecular weight excluding hydrogens is 829 g/mol. The van der Waals surface area contributed by atoms with Crippen LogP contribution in [0.25, 0.3) is 0 Å². The molecular formula is C46H72N6O12. The second-order valence-electron chi connectivity index (χ2n) is 17.4. The molecule has 0 radical (unpaired) electrons. The Morgan fingerprint density at radius 1 is 0.781 bits per heavy atom. The fourth-order valence-corrected chi connectivity index (χ4v) is 7.89. The highest BCUT2D eigenvalue weighted by Crippen LogP contribution is 2.21. The highest BCUT2D eigenvalue weighted by atomic mass is 16.5. The van der Waals surface area contributed by atoms with Gasteiger partial charge in [0, 0.05) is 25.8 Å². The lowest BCUT2D eigenvalue weighted by Gasteiger charge is -2.30. The number of fused-ring (bicyclic) bond motifs is 1. The van der Waals surface area contributed by atoms with Crippen LogP contribution in [-0.4, -0.2) is 125 Å². The molecule has 0 bridgehead atoms. The third kappa shape index (κ3) is 17.4. The van der Waals surface area contributed by atoms with Crippen LogP contribution in [0.3, 0.4) is 0 Å². The number of phenols is 1. The van der Waals surface area contributed by atoms with Crippen molar-refractivity contribution in [3.8, 4) is 5.75 Å². The summed E-state index contributed by atoms with van der Waals surface area (Å²) in [5.74, 6) is -6.11. The Bertz CT molecular complexity index is 1720. The zero-order chi connectivity index (χ0) is 47.3. The van der Waals surface area contributed by atoms with Crippen molar-refractivity contribution in [1.29, 1.82) is 0 Å². The molecule has 18 nitrogen and oxygen atoms in total. The number of nitrogens with one attached hydrogen (secondary N) is 5. The van der Waals surface area contributed by atoms with Crippen molar-refractivity contribution < 1.29 is 58.0 Å². The summed E-state index contributed by atoms with van der Waals surface area (Å²) in [6.45, 7) is 8.51. The molecule has 0 saturated carbocycles. The minimum atomic E-state index is -1.41. The number of hydrogen-bond acceptors (Lipinski definition) is 12. The molecule has 1 aromatic rings. The van der Waals surface area contributed by atoms with Gasteiger partial charge < -0.3 is 51.2 Å². The van der Waals surface area contributed by atoms with Crippen LogP contribution >= 0.6 is 0 Å². The standard InChI is InChI=1S/C46H72N6O12/c1-7-8-9-10-11-12-13-16-33-17-14-19-37(55)50-40(30(5)53)44(60)47-29(4)45(61)52-26-15-18-36(52)43(59)48-34(24-25-38(56)63-6)41(57)49-35(27-31-20-22-32(54)23-21-31)42(58)51-39(28(2)3)46(62)64-33/h20-23,28-30,33-36,39-40,53-54H,7-19,24-27H2,1-6H3,(H,47,60)(H,48,59)(H,49,57)(H,50,55)(H,51,58)/t29-,30-,33+,34+,35-,36+,39+,40-/m1/s1. The van der Waals surface area contributed by atoms with Crippen molar-refractivity contribution in [2.75, 3.05) is 13.7 Å². The highest BCUT2D eigenvalue weighted by Gasteiger charge is 2.40. The van der Waals surface area contributed by atoms with Crippen molar-refractivity contribution in [2.24, 2.45) is 5.92 Å². The van der Waals surface area contributed by atoms with E-state index in [4.69, 9.17) is 9.47 Å². The van der Waals surface area contributed by atoms with E-state index in [1.165, 1.54) is 38.0 Å². The molecule has 358 valence electrons. The van der Waals surface area contributed by atoms with Crippen LogP contribution in [0.15, 0.2) is 24.3 Å². The first-order valence-electron chi connectivity index (χ1n) is 23.0. The number of aromatic hydroxyl groups is 1. The van der Waals surface area contributed by atoms with E-state index in [1.54, 1.807) is 26.0 Å². The summed E-state index contributed by atoms with van der Waals surface area (Å²) < 4.78 is 10.9. The van der Waals surface area contributed by atoms with Gasteiger partial charge in [-0.15, -0.1) is 0 Å². The number of aliphatic hydroxyl groups is 1. The number of carbonyl (C=O) groups is 8. The van der Waals surface area contributed by atoms with Crippen molar-refractivity contribution in [2.45, 2.75) is 186 Å². The van der Waals surface area contributed by atoms with Crippen molar-refractivity contribution in [3.63, 3.8) is 0 Å². The molecule has 1 aromatic carbocycles. The molecule has 0 aromatic heterocycles. The smallest absolute Gasteiger partial charge is 0.329 e. The van der Waals surface area contributed by atoms with E-state index >= 15 is 0 Å². The van der Waals surface area contributed by atoms with Gasteiger partial charge in [-0.3, -0.25) is 33.6 Å². The number of unbranched alkanes of at least 4 members (excludes halogenated alkanes) is 6. The van der Waals surface area contributed by atoms with Gasteiger partial charge in [0.25, 0.3) is 0 Å². The summed E-state index contributed by atoms with van der Waals surface area (Å²) in [6, 6.07) is -1.56. The van der Waals surface area contributed by atoms with Gasteiger partial charge in [-0.05, 0) is 82.4 Å². The number of esters is 2. The van der Waals surface area contributed by atoms with Crippen LogP contribution in [0.2, 0.25) is 0 Å². The highest BCUT2D eigenvalue weighted by molar-refractivity contribution is 5.97. The number of amides is 6. The number of hydrogen-bond donors (Lipinski definition) is 7. The maximum Gasteiger partial charge on any atom is 0.329 e. The van der Waals surface area contributed by atoms with E-state index in [0.717, 1.165) is 44.9 Å². The van der Waals surface area contributed by atoms with Crippen molar-refractivity contribution >= 4 is 47.4 Å². The van der Waals surface area contributed by atoms with E-state index in [1.807, 2.05) is 0 Å². The van der Waals surface area contributed by atoms with Gasteiger partial charge in [0.1, 0.15) is 48.1 Å². The van der Waals surface area contributed by atoms with Crippen LogP contribution in [0.1, 0.15) is 136 Å². The summed E-state index contributed by atoms with van der Waals surface area (Å²) >= 11 is 0. The van der Waals surface area contributed by atoms with Gasteiger partial charge in [-0.1, -0.05) is 71.4 Å². The summed E-state index contributed by atoms with van der Waals surface area (Å²) in [7, 11) is 1.17. The molecule has 3 rings (SSSR count). The molecule has 2 aliphatic rings. The molecule has 8 atom stereocenters. The second kappa shape index (κ2) is 27.2. The maximum absolute atomic E-state index is 14.3. The van der Waals surface area contributed by atoms with Crippen LogP contribution in [0.5, 0.6) is 5.75 Å². The molecule has 2 saturated heterocycles. The number of cyclic esters (lactones) is 1. The average Bonchev–Trinajstić information content (AvgIpc) is 3.75. The molecule has 6 amide bonds. The SMILES string of the molecule is CCCCCCCCC[C@H]1CCCC(=O)N[C@H]([C@@H](C)O)C(=O)N[C@H](C)C(=O)N2CCC[C@H]2C(=O)N[C@@H](CCC(=O)OC)C(=O)N[C@H](Cc2ccc(O)cc2)C(=O)N[C@@H](C(C)C)C(=O)O1. The van der Waals surface area contributed by atoms with E-state index in [-0.39, 0.29) is 50.8 Å². The average molecular weight is 901 g/mol. The van der Waals surface area contributed by atoms with Gasteiger partial charge in [-0.2, -0.15) is 0 Å². The van der Waals surface area contributed by atoms with Crippen LogP contribution in [0.4, 0.5) is 0 Å². The predicted octanol–water partition coefficient (Wildman–Crippen LogP) is 2.60. The number of methoxy groups -OCH3 is 1. The van der Waals surface area contributed by atoms with E-state index in [0.29, 0.717) is 24.8 Å². The zero-order valence-electron chi connectivity index (χ0n) is 38.5. The molecule has 0 unspecified atom stereocenters. The Morgan fingerprint density at radius 2 is 1.42 bits per heavy atom. The lowest BCUT2D eigenvalue weighted by molar-refractivity contribution is -0.155. The molecule has 2 fully saturated rings. The molecule has 0 aliphatic carbocycles. The van der Waals surface area contributed by atoms with E-state index in [2.05, 4.69) is 33.5 Å². The van der Waals surface area contributed by atoms with E-state index in [9.17, 15) is 48.6 Å². The number of carbonyl (C=O) groups excluding carboxylic acids is 8. The lowest BCUT2D eigenvalue weighted by Crippen LogP contribution is -2.60. The number of rotatable bonds is 15. The van der Waals surface area contributed by atoms with Crippen molar-refractivity contribution in [3.05, 3.63) is 29.8 Å².